The fourth-order valence-corrected chi connectivity index (χ4v) is 2.29. The quantitative estimate of drug-likeness (QED) is 0.831. The van der Waals surface area contributed by atoms with Crippen molar-refractivity contribution in [3.05, 3.63) is 58.1 Å². The summed E-state index contributed by atoms with van der Waals surface area (Å²) in [6.45, 7) is 1.29. The molecule has 6 heteroatoms. The molecule has 0 saturated heterocycles. The number of anilines is 1. The number of carbonyl (C=O) groups excluding carboxylic acids is 2. The van der Waals surface area contributed by atoms with E-state index in [-0.39, 0.29) is 18.3 Å². The van der Waals surface area contributed by atoms with Crippen LogP contribution in [0.15, 0.2) is 42.5 Å². The zero-order chi connectivity index (χ0) is 16.1. The largest absolute Gasteiger partial charge is 0.485 e. The van der Waals surface area contributed by atoms with Gasteiger partial charge >= 0.3 is 0 Å². The standard InChI is InChI=1S/C16H13Cl2NO3/c1-10(20)19-14-4-2-11(3-5-14)16(21)9-22-15-7-12(17)6-13(18)8-15/h2-8H,9H2,1H3,(H,19,20). The van der Waals surface area contributed by atoms with Gasteiger partial charge in [0.05, 0.1) is 0 Å². The molecule has 0 fully saturated rings. The summed E-state index contributed by atoms with van der Waals surface area (Å²) in [7, 11) is 0. The monoisotopic (exact) mass is 337 g/mol. The lowest BCUT2D eigenvalue weighted by Gasteiger charge is -2.07. The maximum absolute atomic E-state index is 12.0. The van der Waals surface area contributed by atoms with Crippen LogP contribution in [0.4, 0.5) is 5.69 Å². The second-order valence-corrected chi connectivity index (χ2v) is 5.45. The van der Waals surface area contributed by atoms with Gasteiger partial charge in [-0.15, -0.1) is 0 Å². The van der Waals surface area contributed by atoms with Crippen molar-refractivity contribution in [1.82, 2.24) is 0 Å². The Labute approximate surface area is 138 Å². The minimum Gasteiger partial charge on any atom is -0.485 e. The predicted octanol–water partition coefficient (Wildman–Crippen LogP) is 4.21. The van der Waals surface area contributed by atoms with Crippen molar-refractivity contribution in [2.45, 2.75) is 6.92 Å². The number of carbonyl (C=O) groups is 2. The summed E-state index contributed by atoms with van der Waals surface area (Å²) in [5.41, 5.74) is 1.12. The van der Waals surface area contributed by atoms with Crippen molar-refractivity contribution in [2.24, 2.45) is 0 Å². The molecule has 2 aromatic carbocycles. The van der Waals surface area contributed by atoms with Crippen molar-refractivity contribution in [1.29, 1.82) is 0 Å². The molecular weight excluding hydrogens is 325 g/mol. The van der Waals surface area contributed by atoms with Gasteiger partial charge in [0.15, 0.2) is 12.4 Å². The normalized spacial score (nSPS) is 10.1. The SMILES string of the molecule is CC(=O)Nc1ccc(C(=O)COc2cc(Cl)cc(Cl)c2)cc1. The maximum Gasteiger partial charge on any atom is 0.221 e. The van der Waals surface area contributed by atoms with Crippen LogP contribution in [-0.2, 0) is 4.79 Å². The molecule has 2 rings (SSSR count). The van der Waals surface area contributed by atoms with Crippen molar-refractivity contribution in [3.8, 4) is 5.75 Å². The number of ether oxygens (including phenoxy) is 1. The molecule has 0 aliphatic rings. The topological polar surface area (TPSA) is 55.4 Å². The Kier molecular flexibility index (Phi) is 5.41. The average molecular weight is 338 g/mol. The van der Waals surface area contributed by atoms with E-state index in [0.29, 0.717) is 27.0 Å². The highest BCUT2D eigenvalue weighted by Gasteiger charge is 2.08. The highest BCUT2D eigenvalue weighted by atomic mass is 35.5. The third-order valence-corrected chi connectivity index (χ3v) is 3.17. The first-order chi connectivity index (χ1) is 10.4. The summed E-state index contributed by atoms with van der Waals surface area (Å²) in [6.07, 6.45) is 0. The van der Waals surface area contributed by atoms with Gasteiger partial charge in [0.2, 0.25) is 5.91 Å². The Morgan fingerprint density at radius 3 is 2.18 bits per heavy atom. The molecule has 0 bridgehead atoms. The Balaban J connectivity index is 1.98. The third-order valence-electron chi connectivity index (χ3n) is 2.73. The molecule has 1 amide bonds. The van der Waals surface area contributed by atoms with Crippen LogP contribution in [-0.4, -0.2) is 18.3 Å². The van der Waals surface area contributed by atoms with Crippen molar-refractivity contribution >= 4 is 40.6 Å². The lowest BCUT2D eigenvalue weighted by molar-refractivity contribution is -0.114. The summed E-state index contributed by atoms with van der Waals surface area (Å²) in [5, 5.41) is 3.51. The van der Waals surface area contributed by atoms with E-state index in [9.17, 15) is 9.59 Å². The van der Waals surface area contributed by atoms with Gasteiger partial charge in [-0.25, -0.2) is 0 Å². The zero-order valence-electron chi connectivity index (χ0n) is 11.7. The molecule has 0 aliphatic carbocycles. The van der Waals surface area contributed by atoms with E-state index in [1.807, 2.05) is 0 Å². The number of halogens is 2. The first kappa shape index (κ1) is 16.3. The first-order valence-corrected chi connectivity index (χ1v) is 7.19. The number of rotatable bonds is 5. The fraction of sp³-hybridized carbons (Fsp3) is 0.125. The van der Waals surface area contributed by atoms with E-state index in [0.717, 1.165) is 0 Å². The first-order valence-electron chi connectivity index (χ1n) is 6.44. The van der Waals surface area contributed by atoms with Crippen LogP contribution in [0, 0.1) is 0 Å². The van der Waals surface area contributed by atoms with E-state index in [1.54, 1.807) is 42.5 Å². The number of Topliss-reactive ketones (excluding diaryl/α,β-unsaturated/α-hetero) is 1. The molecule has 0 saturated carbocycles. The van der Waals surface area contributed by atoms with E-state index < -0.39 is 0 Å². The van der Waals surface area contributed by atoms with Crippen LogP contribution in [0.1, 0.15) is 17.3 Å². The summed E-state index contributed by atoms with van der Waals surface area (Å²) in [6, 6.07) is 11.3. The molecule has 0 aromatic heterocycles. The minimum atomic E-state index is -0.189. The number of hydrogen-bond acceptors (Lipinski definition) is 3. The molecule has 0 unspecified atom stereocenters. The molecule has 22 heavy (non-hydrogen) atoms. The predicted molar refractivity (Wildman–Crippen MR) is 87.0 cm³/mol. The van der Waals surface area contributed by atoms with Crippen molar-refractivity contribution < 1.29 is 14.3 Å². The lowest BCUT2D eigenvalue weighted by Crippen LogP contribution is -2.12. The average Bonchev–Trinajstić information content (AvgIpc) is 2.44. The number of ketones is 1. The zero-order valence-corrected chi connectivity index (χ0v) is 13.2. The van der Waals surface area contributed by atoms with Crippen LogP contribution in [0.3, 0.4) is 0 Å². The molecule has 0 heterocycles. The fourth-order valence-electron chi connectivity index (χ4n) is 1.79. The van der Waals surface area contributed by atoms with Gasteiger partial charge in [-0.2, -0.15) is 0 Å². The van der Waals surface area contributed by atoms with Crippen molar-refractivity contribution in [3.63, 3.8) is 0 Å². The summed E-state index contributed by atoms with van der Waals surface area (Å²) in [5.74, 6) is 0.0754. The van der Waals surface area contributed by atoms with Crippen LogP contribution in [0.25, 0.3) is 0 Å². The van der Waals surface area contributed by atoms with Gasteiger partial charge in [0, 0.05) is 28.2 Å². The van der Waals surface area contributed by atoms with E-state index >= 15 is 0 Å². The van der Waals surface area contributed by atoms with Gasteiger partial charge in [0.1, 0.15) is 5.75 Å². The second-order valence-electron chi connectivity index (χ2n) is 4.58. The molecule has 0 spiro atoms. The van der Waals surface area contributed by atoms with Crippen LogP contribution in [0.2, 0.25) is 10.0 Å². The number of amides is 1. The van der Waals surface area contributed by atoms with E-state index in [4.69, 9.17) is 27.9 Å². The Hall–Kier alpha value is -2.04. The minimum absolute atomic E-state index is 0.129. The molecule has 114 valence electrons. The maximum atomic E-state index is 12.0. The lowest BCUT2D eigenvalue weighted by atomic mass is 10.1. The molecular formula is C16H13Cl2NO3. The van der Waals surface area contributed by atoms with Gasteiger partial charge in [0.25, 0.3) is 0 Å². The molecule has 0 atom stereocenters. The van der Waals surface area contributed by atoms with E-state index in [1.165, 1.54) is 6.92 Å². The van der Waals surface area contributed by atoms with Gasteiger partial charge < -0.3 is 10.1 Å². The number of hydrogen-bond donors (Lipinski definition) is 1. The summed E-state index contributed by atoms with van der Waals surface area (Å²) in [4.78, 5) is 23.0. The Morgan fingerprint density at radius 1 is 1.05 bits per heavy atom. The highest BCUT2D eigenvalue weighted by Crippen LogP contribution is 2.24. The van der Waals surface area contributed by atoms with Crippen molar-refractivity contribution in [2.75, 3.05) is 11.9 Å². The Bertz CT molecular complexity index is 679. The van der Waals surface area contributed by atoms with E-state index in [2.05, 4.69) is 5.32 Å². The summed E-state index contributed by atoms with van der Waals surface area (Å²) < 4.78 is 5.39. The van der Waals surface area contributed by atoms with Crippen LogP contribution >= 0.6 is 23.2 Å². The molecule has 4 nitrogen and oxygen atoms in total. The van der Waals surface area contributed by atoms with Gasteiger partial charge in [-0.05, 0) is 42.5 Å². The molecule has 1 N–H and O–H groups in total. The molecule has 0 aliphatic heterocycles. The van der Waals surface area contributed by atoms with Crippen LogP contribution < -0.4 is 10.1 Å². The third kappa shape index (κ3) is 4.76. The smallest absolute Gasteiger partial charge is 0.221 e. The highest BCUT2D eigenvalue weighted by molar-refractivity contribution is 6.34. The number of nitrogens with one attached hydrogen (secondary N) is 1. The van der Waals surface area contributed by atoms with Gasteiger partial charge in [-0.3, -0.25) is 9.59 Å². The molecule has 0 radical (unpaired) electrons. The number of benzene rings is 2. The van der Waals surface area contributed by atoms with Gasteiger partial charge in [-0.1, -0.05) is 23.2 Å². The van der Waals surface area contributed by atoms with Crippen LogP contribution in [0.5, 0.6) is 5.75 Å². The summed E-state index contributed by atoms with van der Waals surface area (Å²) >= 11 is 11.7. The second kappa shape index (κ2) is 7.29. The Morgan fingerprint density at radius 2 is 1.64 bits per heavy atom. The molecule has 2 aromatic rings.